The Bertz CT molecular complexity index is 2940. The number of nitrogens with zero attached hydrogens (tertiary/aromatic N) is 1. The molecule has 55 heavy (non-hydrogen) atoms. The second kappa shape index (κ2) is 12.7. The maximum Gasteiger partial charge on any atom is 0.0713 e. The van der Waals surface area contributed by atoms with Crippen LogP contribution in [0.2, 0.25) is 0 Å². The first-order valence-electron chi connectivity index (χ1n) is 18.9. The molecule has 10 aromatic rings. The fraction of sp³-hybridized carbons (Fsp3) is 0.0189. The lowest BCUT2D eigenvalue weighted by molar-refractivity contribution is 0.769. The van der Waals surface area contributed by atoms with Gasteiger partial charge in [0.05, 0.1) is 5.41 Å². The first-order chi connectivity index (χ1) is 27.3. The Balaban J connectivity index is 1.14. The number of thiophene rings is 1. The summed E-state index contributed by atoms with van der Waals surface area (Å²) in [5, 5.41) is 5.15. The lowest BCUT2D eigenvalue weighted by atomic mass is 9.67. The summed E-state index contributed by atoms with van der Waals surface area (Å²) in [4.78, 5) is 2.35. The number of para-hydroxylation sites is 2. The van der Waals surface area contributed by atoms with E-state index in [2.05, 4.69) is 217 Å². The van der Waals surface area contributed by atoms with Gasteiger partial charge in [0, 0.05) is 42.6 Å². The third-order valence-corrected chi connectivity index (χ3v) is 12.7. The fourth-order valence-electron chi connectivity index (χ4n) is 9.18. The molecule has 0 atom stereocenters. The van der Waals surface area contributed by atoms with E-state index in [-0.39, 0.29) is 0 Å². The molecule has 0 radical (unpaired) electrons. The molecule has 11 rings (SSSR count). The minimum atomic E-state index is -0.445. The van der Waals surface area contributed by atoms with Crippen LogP contribution in [0, 0.1) is 0 Å². The second-order valence-electron chi connectivity index (χ2n) is 14.4. The molecular weight excluding hydrogens is 683 g/mol. The van der Waals surface area contributed by atoms with Crippen molar-refractivity contribution in [3.05, 3.63) is 235 Å². The van der Waals surface area contributed by atoms with Gasteiger partial charge in [-0.1, -0.05) is 164 Å². The first kappa shape index (κ1) is 31.8. The molecule has 1 aromatic heterocycles. The topological polar surface area (TPSA) is 3.24 Å². The molecule has 1 aliphatic carbocycles. The normalized spacial score (nSPS) is 12.9. The highest BCUT2D eigenvalue weighted by Crippen LogP contribution is 2.57. The van der Waals surface area contributed by atoms with E-state index in [9.17, 15) is 0 Å². The number of fused-ring (bicyclic) bond motifs is 8. The smallest absolute Gasteiger partial charge is 0.0713 e. The Morgan fingerprint density at radius 1 is 0.345 bits per heavy atom. The van der Waals surface area contributed by atoms with Crippen LogP contribution in [-0.2, 0) is 5.41 Å². The predicted molar refractivity (Wildman–Crippen MR) is 234 cm³/mol. The van der Waals surface area contributed by atoms with Gasteiger partial charge in [-0.3, -0.25) is 0 Å². The highest BCUT2D eigenvalue weighted by molar-refractivity contribution is 7.26. The van der Waals surface area contributed by atoms with Gasteiger partial charge in [0.25, 0.3) is 0 Å². The average Bonchev–Trinajstić information content (AvgIpc) is 3.78. The van der Waals surface area contributed by atoms with Crippen molar-refractivity contribution < 1.29 is 0 Å². The van der Waals surface area contributed by atoms with Gasteiger partial charge in [-0.05, 0) is 98.4 Å². The number of benzene rings is 9. The summed E-state index contributed by atoms with van der Waals surface area (Å²) in [6.45, 7) is 0. The number of rotatable bonds is 6. The van der Waals surface area contributed by atoms with Gasteiger partial charge >= 0.3 is 0 Å². The lowest BCUT2D eigenvalue weighted by Gasteiger charge is -2.34. The van der Waals surface area contributed by atoms with Crippen LogP contribution < -0.4 is 4.90 Å². The maximum atomic E-state index is 2.49. The summed E-state index contributed by atoms with van der Waals surface area (Å²) in [6.07, 6.45) is 0. The summed E-state index contributed by atoms with van der Waals surface area (Å²) in [5.41, 5.74) is 13.3. The zero-order valence-electron chi connectivity index (χ0n) is 30.1. The Morgan fingerprint density at radius 3 is 1.58 bits per heavy atom. The van der Waals surface area contributed by atoms with Crippen LogP contribution in [0.1, 0.15) is 22.3 Å². The molecule has 0 bridgehead atoms. The molecule has 0 N–H and O–H groups in total. The van der Waals surface area contributed by atoms with E-state index >= 15 is 0 Å². The summed E-state index contributed by atoms with van der Waals surface area (Å²) >= 11 is 1.90. The van der Waals surface area contributed by atoms with Gasteiger partial charge in [-0.2, -0.15) is 0 Å². The van der Waals surface area contributed by atoms with E-state index < -0.39 is 5.41 Å². The van der Waals surface area contributed by atoms with Crippen molar-refractivity contribution in [1.82, 2.24) is 0 Å². The molecule has 0 saturated heterocycles. The van der Waals surface area contributed by atoms with E-state index in [1.54, 1.807) is 0 Å². The van der Waals surface area contributed by atoms with Crippen molar-refractivity contribution in [2.24, 2.45) is 0 Å². The quantitative estimate of drug-likeness (QED) is 0.166. The van der Waals surface area contributed by atoms with Gasteiger partial charge in [0.15, 0.2) is 0 Å². The lowest BCUT2D eigenvalue weighted by Crippen LogP contribution is -2.28. The van der Waals surface area contributed by atoms with Gasteiger partial charge in [0.2, 0.25) is 0 Å². The molecule has 0 saturated carbocycles. The monoisotopic (exact) mass is 717 g/mol. The summed E-state index contributed by atoms with van der Waals surface area (Å²) in [7, 11) is 0. The number of hydrogen-bond acceptors (Lipinski definition) is 2. The third-order valence-electron chi connectivity index (χ3n) is 11.5. The molecule has 0 amide bonds. The molecule has 2 heteroatoms. The summed E-state index contributed by atoms with van der Waals surface area (Å²) in [5.74, 6) is 0. The van der Waals surface area contributed by atoms with Crippen molar-refractivity contribution in [2.75, 3.05) is 4.90 Å². The number of hydrogen-bond donors (Lipinski definition) is 0. The zero-order chi connectivity index (χ0) is 36.3. The molecule has 0 unspecified atom stereocenters. The minimum Gasteiger partial charge on any atom is -0.310 e. The van der Waals surface area contributed by atoms with E-state index in [1.165, 1.54) is 75.5 Å². The molecule has 258 valence electrons. The third kappa shape index (κ3) is 4.85. The molecule has 9 aromatic carbocycles. The van der Waals surface area contributed by atoms with Crippen LogP contribution in [0.25, 0.3) is 53.2 Å². The molecule has 1 heterocycles. The SMILES string of the molecule is c1ccc(N(c2ccccc2)c2ccc3c(c2)sc2c4ccccc4c(-c4ccc5c(c4)C(c4ccccc4)(c4ccccc4)c4ccccc4-5)cc32)cc1. The Kier molecular flexibility index (Phi) is 7.33. The molecule has 0 spiro atoms. The summed E-state index contributed by atoms with van der Waals surface area (Å²) < 4.78 is 2.61. The Labute approximate surface area is 325 Å². The van der Waals surface area contributed by atoms with Crippen LogP contribution >= 0.6 is 11.3 Å². The minimum absolute atomic E-state index is 0.445. The fourth-order valence-corrected chi connectivity index (χ4v) is 10.4. The van der Waals surface area contributed by atoms with E-state index in [4.69, 9.17) is 0 Å². The van der Waals surface area contributed by atoms with Gasteiger partial charge in [0.1, 0.15) is 0 Å². The standard InChI is InChI=1S/C53H35NS/c1-5-17-37(18-6-1)53(38-19-7-2-8-20-38)49-28-16-15-26-43(49)44-31-29-36(33-50(44)53)47-35-48-45-32-30-41(34-51(45)55-52(48)46-27-14-13-25-42(46)47)54(39-21-9-3-10-22-39)40-23-11-4-12-24-40/h1-35H. The van der Waals surface area contributed by atoms with Crippen molar-refractivity contribution >= 4 is 59.3 Å². The van der Waals surface area contributed by atoms with Gasteiger partial charge in [-0.15, -0.1) is 11.3 Å². The largest absolute Gasteiger partial charge is 0.310 e. The van der Waals surface area contributed by atoms with Crippen LogP contribution in [0.4, 0.5) is 17.1 Å². The maximum absolute atomic E-state index is 2.49. The van der Waals surface area contributed by atoms with Crippen molar-refractivity contribution in [3.8, 4) is 22.3 Å². The Morgan fingerprint density at radius 2 is 0.909 bits per heavy atom. The Hall–Kier alpha value is -6.74. The first-order valence-corrected chi connectivity index (χ1v) is 19.7. The van der Waals surface area contributed by atoms with Gasteiger partial charge in [-0.25, -0.2) is 0 Å². The molecule has 1 nitrogen and oxygen atoms in total. The second-order valence-corrected chi connectivity index (χ2v) is 15.5. The molecule has 0 aliphatic heterocycles. The highest BCUT2D eigenvalue weighted by atomic mass is 32.1. The molecular formula is C53H35NS. The molecule has 0 fully saturated rings. The summed E-state index contributed by atoms with van der Waals surface area (Å²) in [6, 6.07) is 78.1. The average molecular weight is 718 g/mol. The van der Waals surface area contributed by atoms with E-state index in [1.807, 2.05) is 11.3 Å². The van der Waals surface area contributed by atoms with E-state index in [0.29, 0.717) is 0 Å². The van der Waals surface area contributed by atoms with Crippen LogP contribution in [0.5, 0.6) is 0 Å². The zero-order valence-corrected chi connectivity index (χ0v) is 30.9. The molecule has 1 aliphatic rings. The van der Waals surface area contributed by atoms with E-state index in [0.717, 1.165) is 17.1 Å². The van der Waals surface area contributed by atoms with Crippen molar-refractivity contribution in [2.45, 2.75) is 5.41 Å². The van der Waals surface area contributed by atoms with Crippen molar-refractivity contribution in [3.63, 3.8) is 0 Å². The van der Waals surface area contributed by atoms with Crippen LogP contribution in [-0.4, -0.2) is 0 Å². The van der Waals surface area contributed by atoms with Gasteiger partial charge < -0.3 is 4.90 Å². The number of anilines is 3. The highest BCUT2D eigenvalue weighted by Gasteiger charge is 2.46. The van der Waals surface area contributed by atoms with Crippen molar-refractivity contribution in [1.29, 1.82) is 0 Å². The van der Waals surface area contributed by atoms with Crippen LogP contribution in [0.3, 0.4) is 0 Å². The van der Waals surface area contributed by atoms with Crippen LogP contribution in [0.15, 0.2) is 212 Å². The predicted octanol–water partition coefficient (Wildman–Crippen LogP) is 14.7.